The van der Waals surface area contributed by atoms with Crippen LogP contribution in [0.3, 0.4) is 0 Å². The zero-order chi connectivity index (χ0) is 13.2. The minimum Gasteiger partial charge on any atom is -0.298 e. The molecule has 0 aromatic heterocycles. The number of carbonyl (C=O) groups is 1. The van der Waals surface area contributed by atoms with Crippen LogP contribution in [-0.2, 0) is 4.79 Å². The summed E-state index contributed by atoms with van der Waals surface area (Å²) in [6.45, 7) is 1.18. The van der Waals surface area contributed by atoms with Crippen LogP contribution in [0.2, 0.25) is 0 Å². The second-order valence-corrected chi connectivity index (χ2v) is 4.82. The molecule has 94 valence electrons. The zero-order valence-corrected chi connectivity index (χ0v) is 10.1. The van der Waals surface area contributed by atoms with Gasteiger partial charge in [-0.05, 0) is 42.4 Å². The Morgan fingerprint density at radius 2 is 1.94 bits per heavy atom. The monoisotopic (exact) mass is 286 g/mol. The second kappa shape index (κ2) is 5.27. The topological polar surface area (TPSA) is 17.1 Å². The predicted molar refractivity (Wildman–Crippen MR) is 57.6 cm³/mol. The number of alkyl halides is 4. The van der Waals surface area contributed by atoms with Crippen molar-refractivity contribution in [2.24, 2.45) is 0 Å². The molecule has 0 aliphatic heterocycles. The Morgan fingerprint density at radius 3 is 2.41 bits per heavy atom. The molecule has 0 heterocycles. The van der Waals surface area contributed by atoms with Crippen LogP contribution in [0.25, 0.3) is 0 Å². The number of rotatable bonds is 3. The maximum Gasteiger partial charge on any atom is 0.446 e. The van der Waals surface area contributed by atoms with Crippen molar-refractivity contribution in [3.8, 4) is 0 Å². The number of halogens is 5. The summed E-state index contributed by atoms with van der Waals surface area (Å²) >= 11 is 5.20. The van der Waals surface area contributed by atoms with Gasteiger partial charge in [0, 0.05) is 4.90 Å². The highest BCUT2D eigenvalue weighted by molar-refractivity contribution is 8.00. The summed E-state index contributed by atoms with van der Waals surface area (Å²) in [5.41, 5.74) is -4.49. The van der Waals surface area contributed by atoms with Crippen molar-refractivity contribution in [1.82, 2.24) is 0 Å². The first-order valence-corrected chi connectivity index (χ1v) is 5.65. The normalized spacial score (nSPS) is 13.5. The Labute approximate surface area is 104 Å². The number of carbonyl (C=O) groups excluding carboxylic acids is 1. The molecule has 1 rings (SSSR count). The van der Waals surface area contributed by atoms with E-state index in [-0.39, 0.29) is 10.5 Å². The first kappa shape index (κ1) is 14.3. The molecule has 0 amide bonds. The molecule has 1 nitrogen and oxygen atoms in total. The highest BCUT2D eigenvalue weighted by atomic mass is 35.5. The molecule has 0 aliphatic carbocycles. The Kier molecular flexibility index (Phi) is 4.43. The number of hydrogen-bond acceptors (Lipinski definition) is 2. The van der Waals surface area contributed by atoms with Gasteiger partial charge in [0.25, 0.3) is 0 Å². The lowest BCUT2D eigenvalue weighted by Gasteiger charge is -2.10. The van der Waals surface area contributed by atoms with Crippen molar-refractivity contribution < 1.29 is 22.4 Å². The van der Waals surface area contributed by atoms with Gasteiger partial charge >= 0.3 is 5.51 Å². The number of benzene rings is 1. The van der Waals surface area contributed by atoms with Crippen molar-refractivity contribution in [2.75, 3.05) is 0 Å². The van der Waals surface area contributed by atoms with E-state index in [1.165, 1.54) is 6.92 Å². The van der Waals surface area contributed by atoms with E-state index in [4.69, 9.17) is 11.6 Å². The molecule has 0 aliphatic rings. The van der Waals surface area contributed by atoms with Crippen LogP contribution in [0.5, 0.6) is 0 Å². The van der Waals surface area contributed by atoms with Gasteiger partial charge in [0.15, 0.2) is 5.78 Å². The minimum absolute atomic E-state index is 0.0194. The third-order valence-corrected chi connectivity index (χ3v) is 3.04. The molecule has 0 spiro atoms. The Balaban J connectivity index is 3.06. The summed E-state index contributed by atoms with van der Waals surface area (Å²) in [5.74, 6) is -1.32. The third kappa shape index (κ3) is 4.55. The smallest absolute Gasteiger partial charge is 0.298 e. The van der Waals surface area contributed by atoms with E-state index >= 15 is 0 Å². The number of ketones is 1. The molecule has 0 saturated carbocycles. The maximum absolute atomic E-state index is 13.1. The molecule has 1 aromatic carbocycles. The van der Waals surface area contributed by atoms with Gasteiger partial charge in [0.2, 0.25) is 0 Å². The van der Waals surface area contributed by atoms with Gasteiger partial charge in [0.1, 0.15) is 11.2 Å². The van der Waals surface area contributed by atoms with Crippen LogP contribution in [0.4, 0.5) is 17.6 Å². The number of thioether (sulfide) groups is 1. The summed E-state index contributed by atoms with van der Waals surface area (Å²) < 4.78 is 49.4. The molecule has 1 unspecified atom stereocenters. The zero-order valence-electron chi connectivity index (χ0n) is 8.52. The lowest BCUT2D eigenvalue weighted by molar-refractivity contribution is -0.116. The summed E-state index contributed by atoms with van der Waals surface area (Å²) in [4.78, 5) is 10.6. The van der Waals surface area contributed by atoms with Crippen LogP contribution in [-0.4, -0.2) is 11.3 Å². The van der Waals surface area contributed by atoms with Crippen molar-refractivity contribution in [3.05, 3.63) is 29.6 Å². The largest absolute Gasteiger partial charge is 0.446 e. The molecular formula is C10H7ClF4OS. The SMILES string of the molecule is CC(=O)C(Cl)c1cc(F)cc(SC(F)(F)F)c1. The van der Waals surface area contributed by atoms with E-state index in [1.54, 1.807) is 0 Å². The van der Waals surface area contributed by atoms with Crippen LogP contribution in [0.1, 0.15) is 17.9 Å². The third-order valence-electron chi connectivity index (χ3n) is 1.78. The quantitative estimate of drug-likeness (QED) is 0.468. The molecule has 0 N–H and O–H groups in total. The minimum atomic E-state index is -4.51. The molecule has 1 atom stereocenters. The summed E-state index contributed by atoms with van der Waals surface area (Å²) in [5, 5.41) is -1.14. The van der Waals surface area contributed by atoms with E-state index in [9.17, 15) is 22.4 Å². The Hall–Kier alpha value is -0.750. The van der Waals surface area contributed by atoms with Crippen LogP contribution >= 0.6 is 23.4 Å². The van der Waals surface area contributed by atoms with Gasteiger partial charge in [0.05, 0.1) is 0 Å². The Morgan fingerprint density at radius 1 is 1.35 bits per heavy atom. The fourth-order valence-electron chi connectivity index (χ4n) is 1.16. The summed E-state index contributed by atoms with van der Waals surface area (Å²) in [7, 11) is 0. The highest BCUT2D eigenvalue weighted by Crippen LogP contribution is 2.38. The van der Waals surface area contributed by atoms with E-state index in [2.05, 4.69) is 0 Å². The summed E-state index contributed by atoms with van der Waals surface area (Å²) in [6, 6.07) is 2.74. The predicted octanol–water partition coefficient (Wildman–Crippen LogP) is 4.31. The molecule has 0 bridgehead atoms. The maximum atomic E-state index is 13.1. The van der Waals surface area contributed by atoms with Gasteiger partial charge in [-0.25, -0.2) is 4.39 Å². The van der Waals surface area contributed by atoms with Gasteiger partial charge in [-0.3, -0.25) is 4.79 Å². The van der Waals surface area contributed by atoms with Gasteiger partial charge in [-0.15, -0.1) is 11.6 Å². The Bertz CT molecular complexity index is 433. The van der Waals surface area contributed by atoms with Gasteiger partial charge in [-0.1, -0.05) is 0 Å². The molecule has 7 heteroatoms. The highest BCUT2D eigenvalue weighted by Gasteiger charge is 2.30. The molecule has 0 saturated heterocycles. The molecule has 17 heavy (non-hydrogen) atoms. The number of Topliss-reactive ketones (excluding diaryl/α,β-unsaturated/α-hetero) is 1. The van der Waals surface area contributed by atoms with E-state index < -0.39 is 34.2 Å². The fraction of sp³-hybridized carbons (Fsp3) is 0.300. The molecule has 0 fully saturated rings. The number of hydrogen-bond donors (Lipinski definition) is 0. The van der Waals surface area contributed by atoms with Crippen molar-refractivity contribution in [2.45, 2.75) is 22.7 Å². The molecule has 0 radical (unpaired) electrons. The van der Waals surface area contributed by atoms with Crippen LogP contribution < -0.4 is 0 Å². The summed E-state index contributed by atoms with van der Waals surface area (Å²) in [6.07, 6.45) is 0. The fourth-order valence-corrected chi connectivity index (χ4v) is 1.92. The van der Waals surface area contributed by atoms with Gasteiger partial charge < -0.3 is 0 Å². The first-order valence-electron chi connectivity index (χ1n) is 4.40. The van der Waals surface area contributed by atoms with E-state index in [0.29, 0.717) is 0 Å². The van der Waals surface area contributed by atoms with Crippen molar-refractivity contribution in [1.29, 1.82) is 0 Å². The molecule has 1 aromatic rings. The van der Waals surface area contributed by atoms with Gasteiger partial charge in [-0.2, -0.15) is 13.2 Å². The second-order valence-electron chi connectivity index (χ2n) is 3.24. The lowest BCUT2D eigenvalue weighted by atomic mass is 10.1. The molecular weight excluding hydrogens is 280 g/mol. The van der Waals surface area contributed by atoms with Crippen LogP contribution in [0.15, 0.2) is 23.1 Å². The van der Waals surface area contributed by atoms with Crippen molar-refractivity contribution >= 4 is 29.1 Å². The standard InChI is InChI=1S/C10H7ClF4OS/c1-5(16)9(11)6-2-7(12)4-8(3-6)17-10(13,14)15/h2-4,9H,1H3. The van der Waals surface area contributed by atoms with E-state index in [0.717, 1.165) is 18.2 Å². The van der Waals surface area contributed by atoms with Crippen molar-refractivity contribution in [3.63, 3.8) is 0 Å². The van der Waals surface area contributed by atoms with Crippen LogP contribution in [0, 0.1) is 5.82 Å². The average Bonchev–Trinajstić information content (AvgIpc) is 2.12. The first-order chi connectivity index (χ1) is 7.69. The average molecular weight is 287 g/mol. The lowest BCUT2D eigenvalue weighted by Crippen LogP contribution is -2.04. The van der Waals surface area contributed by atoms with E-state index in [1.807, 2.05) is 0 Å².